The molecule has 5 nitrogen and oxygen atoms in total. The lowest BCUT2D eigenvalue weighted by Gasteiger charge is -1.96. The third-order valence-corrected chi connectivity index (χ3v) is 1.40. The van der Waals surface area contributed by atoms with Gasteiger partial charge in [0.2, 0.25) is 0 Å². The number of aromatic carboxylic acids is 1. The Bertz CT molecular complexity index is 337. The van der Waals surface area contributed by atoms with Gasteiger partial charge in [0.1, 0.15) is 0 Å². The van der Waals surface area contributed by atoms with Crippen molar-refractivity contribution in [3.63, 3.8) is 0 Å². The molecule has 1 unspecified atom stereocenters. The first-order valence-electron chi connectivity index (χ1n) is 3.30. The Morgan fingerprint density at radius 3 is 3.00 bits per heavy atom. The molecule has 1 aromatic heterocycles. The zero-order valence-electron chi connectivity index (χ0n) is 6.43. The molecule has 0 aromatic carbocycles. The van der Waals surface area contributed by atoms with Gasteiger partial charge in [-0.1, -0.05) is 0 Å². The summed E-state index contributed by atoms with van der Waals surface area (Å²) in [6, 6.07) is 1.37. The van der Waals surface area contributed by atoms with Crippen LogP contribution in [0.3, 0.4) is 0 Å². The molecule has 0 spiro atoms. The summed E-state index contributed by atoms with van der Waals surface area (Å²) in [7, 11) is 0. The number of carboxylic acid groups (broad SMARTS) is 1. The minimum absolute atomic E-state index is 0.0366. The van der Waals surface area contributed by atoms with E-state index in [1.54, 1.807) is 6.92 Å². The topological polar surface area (TPSA) is 59.5 Å². The predicted octanol–water partition coefficient (Wildman–Crippen LogP) is 1.02. The molecule has 0 aliphatic rings. The number of hydrogen-bond donors (Lipinski definition) is 1. The third-order valence-electron chi connectivity index (χ3n) is 1.40. The van der Waals surface area contributed by atoms with E-state index >= 15 is 0 Å². The van der Waals surface area contributed by atoms with Crippen molar-refractivity contribution >= 4 is 5.97 Å². The maximum atomic E-state index is 10.4. The van der Waals surface area contributed by atoms with Crippen molar-refractivity contribution in [2.45, 2.75) is 13.1 Å². The number of carboxylic acids is 1. The lowest BCUT2D eigenvalue weighted by Crippen LogP contribution is -2.04. The molecule has 0 amide bonds. The van der Waals surface area contributed by atoms with Crippen molar-refractivity contribution in [2.24, 2.45) is 0 Å². The standard InChI is InChI=1S/C7H7N3O2/c1-5(8-2)10-4-3-6(9-10)7(11)12/h3-5H,1H3,(H,11,12). The van der Waals surface area contributed by atoms with Gasteiger partial charge in [-0.05, 0) is 6.07 Å². The van der Waals surface area contributed by atoms with E-state index in [-0.39, 0.29) is 5.69 Å². The third kappa shape index (κ3) is 1.42. The summed E-state index contributed by atoms with van der Waals surface area (Å²) < 4.78 is 1.32. The van der Waals surface area contributed by atoms with E-state index in [0.717, 1.165) is 0 Å². The molecule has 1 rings (SSSR count). The van der Waals surface area contributed by atoms with Crippen LogP contribution in [-0.4, -0.2) is 20.9 Å². The quantitative estimate of drug-likeness (QED) is 0.665. The fourth-order valence-electron chi connectivity index (χ4n) is 0.719. The van der Waals surface area contributed by atoms with E-state index in [1.165, 1.54) is 16.9 Å². The van der Waals surface area contributed by atoms with Gasteiger partial charge in [0.05, 0.1) is 0 Å². The number of carbonyl (C=O) groups is 1. The SMILES string of the molecule is [C-]#[N+]C(C)n1ccc(C(=O)O)n1. The molecule has 0 radical (unpaired) electrons. The van der Waals surface area contributed by atoms with Crippen molar-refractivity contribution in [1.29, 1.82) is 0 Å². The van der Waals surface area contributed by atoms with Crippen LogP contribution in [0.25, 0.3) is 4.85 Å². The minimum Gasteiger partial charge on any atom is -0.476 e. The average Bonchev–Trinajstić information content (AvgIpc) is 2.51. The Morgan fingerprint density at radius 2 is 2.58 bits per heavy atom. The lowest BCUT2D eigenvalue weighted by atomic mass is 10.5. The van der Waals surface area contributed by atoms with Gasteiger partial charge in [-0.15, -0.1) is 0 Å². The van der Waals surface area contributed by atoms with Gasteiger partial charge in [-0.3, -0.25) is 4.85 Å². The summed E-state index contributed by atoms with van der Waals surface area (Å²) in [6.07, 6.45) is 1.03. The fourth-order valence-corrected chi connectivity index (χ4v) is 0.719. The van der Waals surface area contributed by atoms with Gasteiger partial charge in [-0.25, -0.2) is 11.4 Å². The second kappa shape index (κ2) is 3.05. The molecule has 12 heavy (non-hydrogen) atoms. The predicted molar refractivity (Wildman–Crippen MR) is 40.5 cm³/mol. The Hall–Kier alpha value is -1.83. The van der Waals surface area contributed by atoms with Crippen LogP contribution in [0, 0.1) is 6.57 Å². The second-order valence-electron chi connectivity index (χ2n) is 2.25. The van der Waals surface area contributed by atoms with E-state index < -0.39 is 12.1 Å². The van der Waals surface area contributed by atoms with Crippen molar-refractivity contribution in [3.05, 3.63) is 29.4 Å². The Kier molecular flexibility index (Phi) is 2.10. The van der Waals surface area contributed by atoms with Gasteiger partial charge < -0.3 is 5.11 Å². The number of rotatable bonds is 2. The van der Waals surface area contributed by atoms with Gasteiger partial charge in [0.15, 0.2) is 5.69 Å². The normalized spacial score (nSPS) is 12.0. The highest BCUT2D eigenvalue weighted by atomic mass is 16.4. The van der Waals surface area contributed by atoms with E-state index in [2.05, 4.69) is 9.94 Å². The Labute approximate surface area is 69.1 Å². The van der Waals surface area contributed by atoms with Crippen LogP contribution >= 0.6 is 0 Å². The van der Waals surface area contributed by atoms with Crippen LogP contribution in [0.2, 0.25) is 0 Å². The molecule has 1 N–H and O–H groups in total. The van der Waals surface area contributed by atoms with E-state index in [4.69, 9.17) is 11.7 Å². The maximum absolute atomic E-state index is 10.4. The molecular formula is C7H7N3O2. The minimum atomic E-state index is -1.08. The maximum Gasteiger partial charge on any atom is 0.356 e. The molecule has 0 fully saturated rings. The molecule has 1 aromatic rings. The number of hydrogen-bond acceptors (Lipinski definition) is 2. The Morgan fingerprint density at radius 1 is 1.92 bits per heavy atom. The van der Waals surface area contributed by atoms with Crippen LogP contribution in [0.5, 0.6) is 0 Å². The molecule has 0 bridgehead atoms. The highest BCUT2D eigenvalue weighted by Gasteiger charge is 2.11. The van der Waals surface area contributed by atoms with Gasteiger partial charge in [0, 0.05) is 13.1 Å². The van der Waals surface area contributed by atoms with Crippen molar-refractivity contribution in [1.82, 2.24) is 9.78 Å². The molecule has 1 heterocycles. The van der Waals surface area contributed by atoms with Crippen LogP contribution < -0.4 is 0 Å². The summed E-state index contributed by atoms with van der Waals surface area (Å²) in [5.74, 6) is -1.08. The highest BCUT2D eigenvalue weighted by molar-refractivity contribution is 5.85. The van der Waals surface area contributed by atoms with Gasteiger partial charge in [-0.2, -0.15) is 9.78 Å². The number of aromatic nitrogens is 2. The molecule has 5 heteroatoms. The zero-order chi connectivity index (χ0) is 9.14. The van der Waals surface area contributed by atoms with E-state index in [0.29, 0.717) is 0 Å². The lowest BCUT2D eigenvalue weighted by molar-refractivity contribution is 0.0689. The molecular weight excluding hydrogens is 158 g/mol. The van der Waals surface area contributed by atoms with Gasteiger partial charge in [0.25, 0.3) is 0 Å². The second-order valence-corrected chi connectivity index (χ2v) is 2.25. The van der Waals surface area contributed by atoms with Gasteiger partial charge >= 0.3 is 12.1 Å². The fraction of sp³-hybridized carbons (Fsp3) is 0.286. The summed E-state index contributed by atoms with van der Waals surface area (Å²) >= 11 is 0. The van der Waals surface area contributed by atoms with Crippen LogP contribution in [0.15, 0.2) is 12.3 Å². The highest BCUT2D eigenvalue weighted by Crippen LogP contribution is 2.06. The summed E-state index contributed by atoms with van der Waals surface area (Å²) in [4.78, 5) is 13.6. The molecule has 0 saturated carbocycles. The van der Waals surface area contributed by atoms with E-state index in [9.17, 15) is 4.79 Å². The van der Waals surface area contributed by atoms with E-state index in [1.807, 2.05) is 0 Å². The van der Waals surface area contributed by atoms with Crippen molar-refractivity contribution in [2.75, 3.05) is 0 Å². The summed E-state index contributed by atoms with van der Waals surface area (Å²) in [5, 5.41) is 12.2. The smallest absolute Gasteiger partial charge is 0.356 e. The summed E-state index contributed by atoms with van der Waals surface area (Å²) in [5.41, 5.74) is -0.0366. The number of nitrogens with zero attached hydrogens (tertiary/aromatic N) is 3. The molecule has 0 aliphatic carbocycles. The first kappa shape index (κ1) is 8.27. The molecule has 1 atom stereocenters. The van der Waals surface area contributed by atoms with Crippen LogP contribution in [-0.2, 0) is 0 Å². The van der Waals surface area contributed by atoms with Crippen LogP contribution in [0.4, 0.5) is 0 Å². The first-order valence-corrected chi connectivity index (χ1v) is 3.30. The van der Waals surface area contributed by atoms with Crippen molar-refractivity contribution in [3.8, 4) is 0 Å². The molecule has 62 valence electrons. The first-order chi connectivity index (χ1) is 5.65. The van der Waals surface area contributed by atoms with Crippen LogP contribution in [0.1, 0.15) is 23.6 Å². The Balaban J connectivity index is 2.93. The monoisotopic (exact) mass is 165 g/mol. The largest absolute Gasteiger partial charge is 0.476 e. The molecule has 0 aliphatic heterocycles. The summed E-state index contributed by atoms with van der Waals surface area (Å²) in [6.45, 7) is 8.32. The molecule has 0 saturated heterocycles. The average molecular weight is 165 g/mol. The zero-order valence-corrected chi connectivity index (χ0v) is 6.43. The van der Waals surface area contributed by atoms with Crippen molar-refractivity contribution < 1.29 is 9.90 Å².